The van der Waals surface area contributed by atoms with Crippen LogP contribution in [0.1, 0.15) is 42.4 Å². The maximum atomic E-state index is 13.5. The molecule has 0 unspecified atom stereocenters. The molecule has 4 rings (SSSR count). The van der Waals surface area contributed by atoms with Crippen LogP contribution in [0.25, 0.3) is 0 Å². The molecule has 0 bridgehead atoms. The second-order valence-electron chi connectivity index (χ2n) is 8.25. The van der Waals surface area contributed by atoms with Gasteiger partial charge in [0.25, 0.3) is 0 Å². The van der Waals surface area contributed by atoms with Crippen molar-refractivity contribution in [3.63, 3.8) is 0 Å². The summed E-state index contributed by atoms with van der Waals surface area (Å²) >= 11 is 0. The molecular weight excluding hydrogens is 415 g/mol. The normalized spacial score (nSPS) is 17.1. The van der Waals surface area contributed by atoms with Crippen LogP contribution in [0.4, 0.5) is 33.3 Å². The largest absolute Gasteiger partial charge is 0.458 e. The summed E-state index contributed by atoms with van der Waals surface area (Å²) in [4.78, 5) is 14.4. The zero-order chi connectivity index (χ0) is 22.2. The SMILES string of the molecule is O=C(Nc1ccc2c(c1)CCN2Cc1ccc(C(F)(F)C(F)(F)F)cc1)C1CCCC1. The zero-order valence-electron chi connectivity index (χ0n) is 16.8. The van der Waals surface area contributed by atoms with Crippen molar-refractivity contribution in [2.45, 2.75) is 50.7 Å². The molecule has 1 N–H and O–H groups in total. The van der Waals surface area contributed by atoms with Crippen molar-refractivity contribution in [2.24, 2.45) is 5.92 Å². The molecule has 166 valence electrons. The number of nitrogens with one attached hydrogen (secondary N) is 1. The fourth-order valence-electron chi connectivity index (χ4n) is 4.35. The number of carbonyl (C=O) groups is 1. The minimum atomic E-state index is -5.62. The van der Waals surface area contributed by atoms with E-state index >= 15 is 0 Å². The smallest absolute Gasteiger partial charge is 0.367 e. The van der Waals surface area contributed by atoms with Gasteiger partial charge >= 0.3 is 12.1 Å². The van der Waals surface area contributed by atoms with Crippen molar-refractivity contribution in [3.05, 3.63) is 59.2 Å². The molecule has 0 aromatic heterocycles. The molecule has 0 saturated heterocycles. The lowest BCUT2D eigenvalue weighted by atomic mass is 10.1. The summed E-state index contributed by atoms with van der Waals surface area (Å²) in [5.41, 5.74) is 2.39. The first-order valence-electron chi connectivity index (χ1n) is 10.4. The molecule has 1 heterocycles. The molecule has 1 saturated carbocycles. The summed E-state index contributed by atoms with van der Waals surface area (Å²) in [7, 11) is 0. The van der Waals surface area contributed by atoms with Gasteiger partial charge in [-0.25, -0.2) is 0 Å². The van der Waals surface area contributed by atoms with E-state index in [1.807, 2.05) is 18.2 Å². The third-order valence-corrected chi connectivity index (χ3v) is 6.11. The first kappa shape index (κ1) is 21.6. The van der Waals surface area contributed by atoms with E-state index in [4.69, 9.17) is 0 Å². The van der Waals surface area contributed by atoms with Gasteiger partial charge in [-0.15, -0.1) is 0 Å². The Kier molecular flexibility index (Phi) is 5.66. The molecule has 1 aliphatic heterocycles. The van der Waals surface area contributed by atoms with Crippen LogP contribution < -0.4 is 10.2 Å². The molecule has 8 heteroatoms. The summed E-state index contributed by atoms with van der Waals surface area (Å²) in [6.07, 6.45) is -0.811. The Labute approximate surface area is 177 Å². The van der Waals surface area contributed by atoms with Crippen molar-refractivity contribution in [2.75, 3.05) is 16.8 Å². The summed E-state index contributed by atoms with van der Waals surface area (Å²) < 4.78 is 64.5. The van der Waals surface area contributed by atoms with E-state index in [1.54, 1.807) is 0 Å². The third kappa shape index (κ3) is 4.38. The maximum absolute atomic E-state index is 13.5. The van der Waals surface area contributed by atoms with Crippen molar-refractivity contribution in [1.82, 2.24) is 0 Å². The highest BCUT2D eigenvalue weighted by atomic mass is 19.4. The molecule has 2 aliphatic rings. The van der Waals surface area contributed by atoms with Crippen LogP contribution in [-0.4, -0.2) is 18.6 Å². The number of benzene rings is 2. The van der Waals surface area contributed by atoms with E-state index < -0.39 is 17.7 Å². The van der Waals surface area contributed by atoms with Gasteiger partial charge in [0.2, 0.25) is 5.91 Å². The predicted molar refractivity (Wildman–Crippen MR) is 108 cm³/mol. The highest BCUT2D eigenvalue weighted by Gasteiger charge is 2.58. The number of halogens is 5. The maximum Gasteiger partial charge on any atom is 0.458 e. The van der Waals surface area contributed by atoms with Gasteiger partial charge in [-0.1, -0.05) is 37.1 Å². The van der Waals surface area contributed by atoms with E-state index in [0.29, 0.717) is 18.7 Å². The standard InChI is InChI=1S/C23H23F5N2O/c24-22(25,23(26,27)28)18-7-5-15(6-8-18)14-30-12-11-17-13-19(9-10-20(17)30)29-21(31)16-3-1-2-4-16/h5-10,13,16H,1-4,11-12,14H2,(H,29,31). The van der Waals surface area contributed by atoms with E-state index in [-0.39, 0.29) is 11.8 Å². The zero-order valence-corrected chi connectivity index (χ0v) is 16.8. The van der Waals surface area contributed by atoms with Crippen molar-refractivity contribution >= 4 is 17.3 Å². The Morgan fingerprint density at radius 2 is 1.68 bits per heavy atom. The molecular formula is C23H23F5N2O. The molecule has 3 nitrogen and oxygen atoms in total. The van der Waals surface area contributed by atoms with Crippen LogP contribution in [0.15, 0.2) is 42.5 Å². The highest BCUT2D eigenvalue weighted by Crippen LogP contribution is 2.44. The molecule has 0 atom stereocenters. The van der Waals surface area contributed by atoms with Crippen LogP contribution in [0.5, 0.6) is 0 Å². The van der Waals surface area contributed by atoms with Gasteiger partial charge in [0.15, 0.2) is 0 Å². The average Bonchev–Trinajstić information content (AvgIpc) is 3.38. The molecule has 0 radical (unpaired) electrons. The number of alkyl halides is 5. The Morgan fingerprint density at radius 3 is 2.32 bits per heavy atom. The lowest BCUT2D eigenvalue weighted by Gasteiger charge is -2.22. The van der Waals surface area contributed by atoms with Gasteiger partial charge in [0.1, 0.15) is 0 Å². The summed E-state index contributed by atoms with van der Waals surface area (Å²) in [5.74, 6) is -4.73. The van der Waals surface area contributed by atoms with Gasteiger partial charge in [-0.3, -0.25) is 4.79 Å². The number of rotatable bonds is 5. The van der Waals surface area contributed by atoms with Gasteiger partial charge < -0.3 is 10.2 Å². The Morgan fingerprint density at radius 1 is 1.00 bits per heavy atom. The van der Waals surface area contributed by atoms with Gasteiger partial charge in [-0.05, 0) is 48.6 Å². The van der Waals surface area contributed by atoms with E-state index in [1.165, 1.54) is 12.1 Å². The lowest BCUT2D eigenvalue weighted by molar-refractivity contribution is -0.289. The van der Waals surface area contributed by atoms with Crippen molar-refractivity contribution in [1.29, 1.82) is 0 Å². The molecule has 1 amide bonds. The summed E-state index contributed by atoms with van der Waals surface area (Å²) in [5, 5.41) is 2.99. The monoisotopic (exact) mass is 438 g/mol. The number of carbonyl (C=O) groups excluding carboxylic acids is 1. The second kappa shape index (κ2) is 8.13. The van der Waals surface area contributed by atoms with Crippen LogP contribution in [0, 0.1) is 5.92 Å². The Balaban J connectivity index is 1.42. The average molecular weight is 438 g/mol. The number of fused-ring (bicyclic) bond motifs is 1. The third-order valence-electron chi connectivity index (χ3n) is 6.11. The van der Waals surface area contributed by atoms with E-state index in [9.17, 15) is 26.7 Å². The number of hydrogen-bond donors (Lipinski definition) is 1. The van der Waals surface area contributed by atoms with E-state index in [2.05, 4.69) is 10.2 Å². The second-order valence-corrected chi connectivity index (χ2v) is 8.25. The van der Waals surface area contributed by atoms with Crippen LogP contribution in [0.2, 0.25) is 0 Å². The highest BCUT2D eigenvalue weighted by molar-refractivity contribution is 5.93. The lowest BCUT2D eigenvalue weighted by Crippen LogP contribution is -2.33. The molecule has 1 fully saturated rings. The van der Waals surface area contributed by atoms with Crippen LogP contribution in [0.3, 0.4) is 0 Å². The Hall–Kier alpha value is -2.64. The number of anilines is 2. The first-order valence-corrected chi connectivity index (χ1v) is 10.4. The number of hydrogen-bond acceptors (Lipinski definition) is 2. The molecule has 31 heavy (non-hydrogen) atoms. The fraction of sp³-hybridized carbons (Fsp3) is 0.435. The predicted octanol–water partition coefficient (Wildman–Crippen LogP) is 6.03. The molecule has 1 aliphatic carbocycles. The minimum absolute atomic E-state index is 0.0584. The van der Waals surface area contributed by atoms with Crippen molar-refractivity contribution < 1.29 is 26.7 Å². The first-order chi connectivity index (χ1) is 14.6. The van der Waals surface area contributed by atoms with Gasteiger partial charge in [0.05, 0.1) is 0 Å². The van der Waals surface area contributed by atoms with Crippen molar-refractivity contribution in [3.8, 4) is 0 Å². The quantitative estimate of drug-likeness (QED) is 0.578. The van der Waals surface area contributed by atoms with Gasteiger partial charge in [-0.2, -0.15) is 22.0 Å². The molecule has 0 spiro atoms. The van der Waals surface area contributed by atoms with E-state index in [0.717, 1.165) is 61.2 Å². The van der Waals surface area contributed by atoms with Gasteiger partial charge in [0, 0.05) is 35.9 Å². The molecule has 2 aromatic rings. The topological polar surface area (TPSA) is 32.3 Å². The number of amides is 1. The van der Waals surface area contributed by atoms with Crippen LogP contribution >= 0.6 is 0 Å². The summed E-state index contributed by atoms with van der Waals surface area (Å²) in [6, 6.07) is 10.0. The minimum Gasteiger partial charge on any atom is -0.367 e. The number of nitrogens with zero attached hydrogens (tertiary/aromatic N) is 1. The molecule has 2 aromatic carbocycles. The summed E-state index contributed by atoms with van der Waals surface area (Å²) in [6.45, 7) is 1.11. The Bertz CT molecular complexity index is 949. The van der Waals surface area contributed by atoms with Crippen LogP contribution in [-0.2, 0) is 23.7 Å². The fourth-order valence-corrected chi connectivity index (χ4v) is 4.35.